The molecule has 1 N–H and O–H groups in total. The van der Waals surface area contributed by atoms with E-state index in [1.165, 1.54) is 31.2 Å². The number of hydrogen-bond acceptors (Lipinski definition) is 4. The molecule has 7 heteroatoms. The predicted molar refractivity (Wildman–Crippen MR) is 121 cm³/mol. The summed E-state index contributed by atoms with van der Waals surface area (Å²) in [5.74, 6) is -1.42. The molecule has 1 unspecified atom stereocenters. The molecule has 0 spiro atoms. The lowest BCUT2D eigenvalue weighted by atomic mass is 10.1. The van der Waals surface area contributed by atoms with Gasteiger partial charge in [-0.25, -0.2) is 4.79 Å². The molecule has 0 radical (unpaired) electrons. The van der Waals surface area contributed by atoms with Crippen LogP contribution in [0.25, 0.3) is 0 Å². The number of hydrogen-bond donors (Lipinski definition) is 1. The lowest BCUT2D eigenvalue weighted by molar-refractivity contribution is 0.0319. The average molecular weight is 456 g/mol. The van der Waals surface area contributed by atoms with Gasteiger partial charge >= 0.3 is 5.97 Å². The van der Waals surface area contributed by atoms with Crippen molar-refractivity contribution in [3.63, 3.8) is 0 Å². The van der Waals surface area contributed by atoms with Gasteiger partial charge in [0.05, 0.1) is 16.1 Å². The molecular formula is C24H19Cl2NO4. The number of carbonyl (C=O) groups excluding carboxylic acids is 3. The molecule has 3 aromatic carbocycles. The van der Waals surface area contributed by atoms with Gasteiger partial charge in [0.2, 0.25) is 5.78 Å². The summed E-state index contributed by atoms with van der Waals surface area (Å²) in [7, 11) is 0. The van der Waals surface area contributed by atoms with Gasteiger partial charge in [0.1, 0.15) is 0 Å². The van der Waals surface area contributed by atoms with Crippen molar-refractivity contribution >= 4 is 46.5 Å². The first-order chi connectivity index (χ1) is 14.7. The van der Waals surface area contributed by atoms with E-state index in [1.807, 2.05) is 19.1 Å². The predicted octanol–water partition coefficient (Wildman–Crippen LogP) is 5.98. The molecule has 0 fully saturated rings. The van der Waals surface area contributed by atoms with Gasteiger partial charge in [-0.3, -0.25) is 9.59 Å². The Kier molecular flexibility index (Phi) is 7.10. The number of benzene rings is 3. The van der Waals surface area contributed by atoms with Crippen LogP contribution in [0.1, 0.15) is 43.6 Å². The molecule has 5 nitrogen and oxygen atoms in total. The average Bonchev–Trinajstić information content (AvgIpc) is 2.73. The summed E-state index contributed by atoms with van der Waals surface area (Å²) in [5.41, 5.74) is 2.31. The Hall–Kier alpha value is -3.15. The molecule has 0 aliphatic carbocycles. The number of Topliss-reactive ketones (excluding diaryl/α,β-unsaturated/α-hetero) is 1. The smallest absolute Gasteiger partial charge is 0.338 e. The van der Waals surface area contributed by atoms with Crippen LogP contribution >= 0.6 is 23.2 Å². The Bertz CT molecular complexity index is 1140. The van der Waals surface area contributed by atoms with Crippen molar-refractivity contribution < 1.29 is 19.1 Å². The van der Waals surface area contributed by atoms with Crippen molar-refractivity contribution in [2.24, 2.45) is 0 Å². The zero-order valence-electron chi connectivity index (χ0n) is 16.8. The van der Waals surface area contributed by atoms with Crippen LogP contribution in [0.2, 0.25) is 10.0 Å². The zero-order chi connectivity index (χ0) is 22.5. The Labute approximate surface area is 189 Å². The first kappa shape index (κ1) is 22.5. The van der Waals surface area contributed by atoms with Crippen LogP contribution in [0, 0.1) is 6.92 Å². The van der Waals surface area contributed by atoms with Crippen molar-refractivity contribution in [2.45, 2.75) is 20.0 Å². The minimum Gasteiger partial charge on any atom is -0.451 e. The van der Waals surface area contributed by atoms with E-state index in [2.05, 4.69) is 5.32 Å². The number of aryl methyl sites for hydroxylation is 1. The van der Waals surface area contributed by atoms with Gasteiger partial charge in [-0.05, 0) is 50.2 Å². The fourth-order valence-electron chi connectivity index (χ4n) is 2.83. The summed E-state index contributed by atoms with van der Waals surface area (Å²) in [6, 6.07) is 17.8. The van der Waals surface area contributed by atoms with E-state index in [1.54, 1.807) is 30.3 Å². The lowest BCUT2D eigenvalue weighted by Crippen LogP contribution is -2.24. The van der Waals surface area contributed by atoms with Gasteiger partial charge in [-0.1, -0.05) is 59.1 Å². The van der Waals surface area contributed by atoms with Crippen LogP contribution in [0.15, 0.2) is 66.7 Å². The van der Waals surface area contributed by atoms with E-state index >= 15 is 0 Å². The largest absolute Gasteiger partial charge is 0.451 e. The molecule has 31 heavy (non-hydrogen) atoms. The van der Waals surface area contributed by atoms with Crippen LogP contribution in [0.3, 0.4) is 0 Å². The van der Waals surface area contributed by atoms with Gasteiger partial charge in [0.15, 0.2) is 6.10 Å². The van der Waals surface area contributed by atoms with Gasteiger partial charge in [-0.15, -0.1) is 0 Å². The number of ether oxygens (including phenoxy) is 1. The van der Waals surface area contributed by atoms with Crippen LogP contribution in [0.4, 0.5) is 5.69 Å². The highest BCUT2D eigenvalue weighted by atomic mass is 35.5. The minimum atomic E-state index is -0.957. The number of esters is 1. The standard InChI is InChI=1S/C24H19Cl2NO4/c1-14-6-8-16(9-7-14)22(28)15(2)31-24(30)17-4-3-5-19(12-17)27-23(29)20-11-10-18(25)13-21(20)26/h3-13,15H,1-2H3,(H,27,29). The summed E-state index contributed by atoms with van der Waals surface area (Å²) >= 11 is 11.9. The monoisotopic (exact) mass is 455 g/mol. The zero-order valence-corrected chi connectivity index (χ0v) is 18.3. The molecule has 3 aromatic rings. The van der Waals surface area contributed by atoms with Gasteiger partial charge in [-0.2, -0.15) is 0 Å². The van der Waals surface area contributed by atoms with E-state index in [4.69, 9.17) is 27.9 Å². The Morgan fingerprint density at radius 1 is 0.903 bits per heavy atom. The third-order valence-electron chi connectivity index (χ3n) is 4.52. The highest BCUT2D eigenvalue weighted by molar-refractivity contribution is 6.37. The molecule has 1 atom stereocenters. The van der Waals surface area contributed by atoms with Crippen LogP contribution in [-0.2, 0) is 4.74 Å². The maximum Gasteiger partial charge on any atom is 0.338 e. The SMILES string of the molecule is Cc1ccc(C(=O)C(C)OC(=O)c2cccc(NC(=O)c3ccc(Cl)cc3Cl)c2)cc1. The Balaban J connectivity index is 1.68. The Morgan fingerprint density at radius 2 is 1.61 bits per heavy atom. The van der Waals surface area contributed by atoms with Gasteiger partial charge < -0.3 is 10.1 Å². The van der Waals surface area contributed by atoms with Crippen molar-refractivity contribution in [3.05, 3.63) is 99.0 Å². The van der Waals surface area contributed by atoms with Crippen LogP contribution in [-0.4, -0.2) is 23.8 Å². The van der Waals surface area contributed by atoms with E-state index < -0.39 is 18.0 Å². The van der Waals surface area contributed by atoms with E-state index in [0.29, 0.717) is 16.3 Å². The normalized spacial score (nSPS) is 11.5. The highest BCUT2D eigenvalue weighted by Gasteiger charge is 2.21. The summed E-state index contributed by atoms with van der Waals surface area (Å²) in [5, 5.41) is 3.31. The quantitative estimate of drug-likeness (QED) is 0.366. The highest BCUT2D eigenvalue weighted by Crippen LogP contribution is 2.22. The van der Waals surface area contributed by atoms with Crippen LogP contribution < -0.4 is 5.32 Å². The lowest BCUT2D eigenvalue weighted by Gasteiger charge is -2.13. The molecule has 0 aliphatic rings. The topological polar surface area (TPSA) is 72.5 Å². The second-order valence-electron chi connectivity index (χ2n) is 6.94. The van der Waals surface area contributed by atoms with Crippen LogP contribution in [0.5, 0.6) is 0 Å². The van der Waals surface area contributed by atoms with Gasteiger partial charge in [0.25, 0.3) is 5.91 Å². The molecule has 0 aliphatic heterocycles. The second-order valence-corrected chi connectivity index (χ2v) is 7.78. The van der Waals surface area contributed by atoms with Crippen molar-refractivity contribution in [1.29, 1.82) is 0 Å². The molecule has 0 aromatic heterocycles. The number of halogens is 2. The van der Waals surface area contributed by atoms with Gasteiger partial charge in [0, 0.05) is 16.3 Å². The molecule has 0 saturated carbocycles. The Morgan fingerprint density at radius 3 is 2.29 bits per heavy atom. The number of anilines is 1. The first-order valence-corrected chi connectivity index (χ1v) is 10.2. The summed E-state index contributed by atoms with van der Waals surface area (Å²) in [4.78, 5) is 37.5. The maximum absolute atomic E-state index is 12.5. The number of rotatable bonds is 6. The summed E-state index contributed by atoms with van der Waals surface area (Å²) in [6.07, 6.45) is -0.957. The molecule has 3 rings (SSSR count). The first-order valence-electron chi connectivity index (χ1n) is 9.43. The fraction of sp³-hybridized carbons (Fsp3) is 0.125. The number of amides is 1. The van der Waals surface area contributed by atoms with Crippen molar-refractivity contribution in [3.8, 4) is 0 Å². The number of carbonyl (C=O) groups is 3. The number of ketones is 1. The molecule has 1 amide bonds. The van der Waals surface area contributed by atoms with Crippen molar-refractivity contribution in [1.82, 2.24) is 0 Å². The molecular weight excluding hydrogens is 437 g/mol. The van der Waals surface area contributed by atoms with Crippen molar-refractivity contribution in [2.75, 3.05) is 5.32 Å². The third-order valence-corrected chi connectivity index (χ3v) is 5.07. The molecule has 158 valence electrons. The minimum absolute atomic E-state index is 0.198. The second kappa shape index (κ2) is 9.77. The molecule has 0 saturated heterocycles. The fourth-order valence-corrected chi connectivity index (χ4v) is 3.32. The molecule has 0 heterocycles. The summed E-state index contributed by atoms with van der Waals surface area (Å²) < 4.78 is 5.32. The number of nitrogens with one attached hydrogen (secondary N) is 1. The van der Waals surface area contributed by atoms with E-state index in [0.717, 1.165) is 5.56 Å². The molecule has 0 bridgehead atoms. The third kappa shape index (κ3) is 5.72. The summed E-state index contributed by atoms with van der Waals surface area (Å²) in [6.45, 7) is 3.44. The van der Waals surface area contributed by atoms with E-state index in [9.17, 15) is 14.4 Å². The van der Waals surface area contributed by atoms with E-state index in [-0.39, 0.29) is 21.9 Å². The maximum atomic E-state index is 12.5.